The number of nitriles is 1. The topological polar surface area (TPSA) is 95.0 Å². The zero-order valence-corrected chi connectivity index (χ0v) is 15.0. The van der Waals surface area contributed by atoms with Gasteiger partial charge in [0.25, 0.3) is 0 Å². The Balaban J connectivity index is 1.91. The van der Waals surface area contributed by atoms with E-state index in [1.807, 2.05) is 36.4 Å². The van der Waals surface area contributed by atoms with Crippen molar-refractivity contribution in [1.29, 1.82) is 5.26 Å². The Labute approximate surface area is 156 Å². The van der Waals surface area contributed by atoms with Crippen LogP contribution in [-0.2, 0) is 0 Å². The molecule has 3 rings (SSSR count). The number of hydrogen-bond acceptors (Lipinski definition) is 6. The summed E-state index contributed by atoms with van der Waals surface area (Å²) in [7, 11) is 0. The summed E-state index contributed by atoms with van der Waals surface area (Å²) in [6, 6.07) is 14.2. The second-order valence-electron chi connectivity index (χ2n) is 5.89. The van der Waals surface area contributed by atoms with Crippen molar-refractivity contribution >= 4 is 17.3 Å². The van der Waals surface area contributed by atoms with Crippen molar-refractivity contribution in [2.45, 2.75) is 26.0 Å². The van der Waals surface area contributed by atoms with Gasteiger partial charge >= 0.3 is 0 Å². The fraction of sp³-hybridized carbons (Fsp3) is 0.211. The van der Waals surface area contributed by atoms with Gasteiger partial charge in [0, 0.05) is 11.3 Å². The molecular weight excluding hydrogens is 352 g/mol. The fourth-order valence-electron chi connectivity index (χ4n) is 2.54. The first kappa shape index (κ1) is 17.9. The van der Waals surface area contributed by atoms with Crippen LogP contribution in [0.2, 0.25) is 5.02 Å². The first-order valence-electron chi connectivity index (χ1n) is 8.04. The van der Waals surface area contributed by atoms with Crippen LogP contribution in [0.1, 0.15) is 30.0 Å². The van der Waals surface area contributed by atoms with Crippen LogP contribution < -0.4 is 5.32 Å². The number of aliphatic hydroxyl groups is 1. The molecule has 0 spiro atoms. The van der Waals surface area contributed by atoms with Crippen LogP contribution in [0.4, 0.5) is 5.69 Å². The van der Waals surface area contributed by atoms with Crippen LogP contribution in [-0.4, -0.2) is 21.4 Å². The van der Waals surface area contributed by atoms with Gasteiger partial charge in [-0.2, -0.15) is 5.26 Å². The molecule has 0 saturated carbocycles. The zero-order chi connectivity index (χ0) is 18.7. The Morgan fingerprint density at radius 1 is 1.19 bits per heavy atom. The first-order chi connectivity index (χ1) is 12.5. The Kier molecular flexibility index (Phi) is 5.21. The number of benzene rings is 2. The Morgan fingerprint density at radius 2 is 1.92 bits per heavy atom. The molecule has 0 aliphatic carbocycles. The lowest BCUT2D eigenvalue weighted by atomic mass is 10.1. The van der Waals surface area contributed by atoms with Crippen LogP contribution in [0.15, 0.2) is 46.9 Å². The highest BCUT2D eigenvalue weighted by Crippen LogP contribution is 2.31. The molecule has 0 radical (unpaired) electrons. The van der Waals surface area contributed by atoms with Crippen LogP contribution >= 0.6 is 11.6 Å². The molecule has 0 amide bonds. The summed E-state index contributed by atoms with van der Waals surface area (Å²) >= 11 is 6.22. The molecule has 2 N–H and O–H groups in total. The van der Waals surface area contributed by atoms with Gasteiger partial charge in [-0.1, -0.05) is 29.8 Å². The SMILES string of the molecule is Cc1c(N[C@H](c2nnc(-c3ccccc3)o2)C(C)O)ccc(C#N)c1Cl. The lowest BCUT2D eigenvalue weighted by Gasteiger charge is -2.21. The van der Waals surface area contributed by atoms with Gasteiger partial charge in [-0.05, 0) is 43.7 Å². The van der Waals surface area contributed by atoms with E-state index < -0.39 is 12.1 Å². The minimum Gasteiger partial charge on any atom is -0.418 e. The Bertz CT molecular complexity index is 948. The fourth-order valence-corrected chi connectivity index (χ4v) is 2.75. The summed E-state index contributed by atoms with van der Waals surface area (Å²) in [5.41, 5.74) is 2.58. The molecule has 2 aromatic carbocycles. The van der Waals surface area contributed by atoms with E-state index in [0.717, 1.165) is 5.56 Å². The molecule has 0 saturated heterocycles. The monoisotopic (exact) mass is 368 g/mol. The molecule has 1 unspecified atom stereocenters. The minimum absolute atomic E-state index is 0.263. The van der Waals surface area contributed by atoms with Gasteiger partial charge in [-0.25, -0.2) is 0 Å². The third-order valence-corrected chi connectivity index (χ3v) is 4.51. The van der Waals surface area contributed by atoms with E-state index in [4.69, 9.17) is 21.3 Å². The molecular formula is C19H17ClN4O2. The standard InChI is InChI=1S/C19H17ClN4O2/c1-11-15(9-8-14(10-21)16(11)20)22-17(12(2)25)19-24-23-18(26-19)13-6-4-3-5-7-13/h3-9,12,17,22,25H,1-2H3/t12?,17-/m0/s1. The highest BCUT2D eigenvalue weighted by Gasteiger charge is 2.25. The maximum atomic E-state index is 10.2. The van der Waals surface area contributed by atoms with Crippen molar-refractivity contribution in [2.75, 3.05) is 5.32 Å². The molecule has 0 aliphatic rings. The van der Waals surface area contributed by atoms with Crippen LogP contribution in [0.25, 0.3) is 11.5 Å². The second-order valence-corrected chi connectivity index (χ2v) is 6.26. The molecule has 7 heteroatoms. The largest absolute Gasteiger partial charge is 0.418 e. The molecule has 2 atom stereocenters. The Hall–Kier alpha value is -2.88. The lowest BCUT2D eigenvalue weighted by Crippen LogP contribution is -2.23. The van der Waals surface area contributed by atoms with E-state index in [1.165, 1.54) is 0 Å². The number of nitrogens with zero attached hydrogens (tertiary/aromatic N) is 3. The summed E-state index contributed by atoms with van der Waals surface area (Å²) in [6.45, 7) is 3.43. The van der Waals surface area contributed by atoms with Crippen molar-refractivity contribution in [1.82, 2.24) is 10.2 Å². The third kappa shape index (κ3) is 3.54. The average molecular weight is 369 g/mol. The summed E-state index contributed by atoms with van der Waals surface area (Å²) in [6.07, 6.45) is -0.798. The molecule has 1 aromatic heterocycles. The van der Waals surface area contributed by atoms with Crippen LogP contribution in [0.3, 0.4) is 0 Å². The smallest absolute Gasteiger partial charge is 0.247 e. The average Bonchev–Trinajstić information content (AvgIpc) is 3.13. The van der Waals surface area contributed by atoms with Gasteiger partial charge < -0.3 is 14.8 Å². The van der Waals surface area contributed by atoms with Gasteiger partial charge in [-0.15, -0.1) is 10.2 Å². The number of rotatable bonds is 5. The normalized spacial score (nSPS) is 13.0. The van der Waals surface area contributed by atoms with Crippen molar-refractivity contribution < 1.29 is 9.52 Å². The second kappa shape index (κ2) is 7.56. The highest BCUT2D eigenvalue weighted by molar-refractivity contribution is 6.32. The van der Waals surface area contributed by atoms with E-state index in [-0.39, 0.29) is 5.89 Å². The molecule has 0 fully saturated rings. The maximum Gasteiger partial charge on any atom is 0.247 e. The number of aromatic nitrogens is 2. The molecule has 1 heterocycles. The van der Waals surface area contributed by atoms with Crippen LogP contribution in [0.5, 0.6) is 0 Å². The highest BCUT2D eigenvalue weighted by atomic mass is 35.5. The van der Waals surface area contributed by atoms with Crippen molar-refractivity contribution in [2.24, 2.45) is 0 Å². The minimum atomic E-state index is -0.798. The molecule has 0 aliphatic heterocycles. The number of aliphatic hydroxyl groups excluding tert-OH is 1. The van der Waals surface area contributed by atoms with Gasteiger partial charge in [-0.3, -0.25) is 0 Å². The van der Waals surface area contributed by atoms with E-state index in [0.29, 0.717) is 27.7 Å². The zero-order valence-electron chi connectivity index (χ0n) is 14.3. The van der Waals surface area contributed by atoms with Gasteiger partial charge in [0.1, 0.15) is 12.1 Å². The number of hydrogen-bond donors (Lipinski definition) is 2. The van der Waals surface area contributed by atoms with E-state index >= 15 is 0 Å². The summed E-state index contributed by atoms with van der Waals surface area (Å²) in [4.78, 5) is 0. The van der Waals surface area contributed by atoms with Gasteiger partial charge in [0.05, 0.1) is 16.7 Å². The van der Waals surface area contributed by atoms with E-state index in [2.05, 4.69) is 15.5 Å². The summed E-state index contributed by atoms with van der Waals surface area (Å²) in [5.74, 6) is 0.640. The van der Waals surface area contributed by atoms with E-state index in [1.54, 1.807) is 26.0 Å². The predicted molar refractivity (Wildman–Crippen MR) is 98.7 cm³/mol. The molecule has 132 valence electrons. The van der Waals surface area contributed by atoms with Crippen molar-refractivity contribution in [3.8, 4) is 17.5 Å². The van der Waals surface area contributed by atoms with Crippen LogP contribution in [0, 0.1) is 18.3 Å². The predicted octanol–water partition coefficient (Wildman–Crippen LogP) is 4.10. The quantitative estimate of drug-likeness (QED) is 0.703. The first-order valence-corrected chi connectivity index (χ1v) is 8.41. The van der Waals surface area contributed by atoms with Gasteiger partial charge in [0.15, 0.2) is 0 Å². The summed E-state index contributed by atoms with van der Waals surface area (Å²) in [5, 5.41) is 30.9. The third-order valence-electron chi connectivity index (χ3n) is 4.03. The van der Waals surface area contributed by atoms with Crippen molar-refractivity contribution in [3.63, 3.8) is 0 Å². The molecule has 6 nitrogen and oxygen atoms in total. The molecule has 3 aromatic rings. The number of halogens is 1. The number of nitrogens with one attached hydrogen (secondary N) is 1. The maximum absolute atomic E-state index is 10.2. The Morgan fingerprint density at radius 3 is 2.58 bits per heavy atom. The van der Waals surface area contributed by atoms with Crippen molar-refractivity contribution in [3.05, 3.63) is 64.5 Å². The van der Waals surface area contributed by atoms with Gasteiger partial charge in [0.2, 0.25) is 11.8 Å². The lowest BCUT2D eigenvalue weighted by molar-refractivity contribution is 0.159. The molecule has 26 heavy (non-hydrogen) atoms. The van der Waals surface area contributed by atoms with E-state index in [9.17, 15) is 5.11 Å². The summed E-state index contributed by atoms with van der Waals surface area (Å²) < 4.78 is 5.75. The number of anilines is 1. The molecule has 0 bridgehead atoms.